The summed E-state index contributed by atoms with van der Waals surface area (Å²) in [4.78, 5) is 24.3. The van der Waals surface area contributed by atoms with Gasteiger partial charge in [0.25, 0.3) is 5.79 Å². The lowest BCUT2D eigenvalue weighted by Gasteiger charge is -2.36. The van der Waals surface area contributed by atoms with E-state index >= 15 is 0 Å². The second-order valence-corrected chi connectivity index (χ2v) is 8.24. The fourth-order valence-electron chi connectivity index (χ4n) is 2.99. The Balaban J connectivity index is 4.63. The van der Waals surface area contributed by atoms with E-state index in [0.29, 0.717) is 17.6 Å². The molecule has 0 aromatic rings. The molecule has 0 spiro atoms. The number of esters is 2. The number of hydrogen-bond acceptors (Lipinski definition) is 4. The summed E-state index contributed by atoms with van der Waals surface area (Å²) in [6, 6.07) is 0. The molecule has 0 atom stereocenters. The summed E-state index contributed by atoms with van der Waals surface area (Å²) >= 11 is 0. The van der Waals surface area contributed by atoms with E-state index in [1.54, 1.807) is 13.8 Å². The van der Waals surface area contributed by atoms with Gasteiger partial charge in [-0.25, -0.2) is 9.59 Å². The van der Waals surface area contributed by atoms with Crippen molar-refractivity contribution in [2.24, 2.45) is 5.92 Å². The van der Waals surface area contributed by atoms with E-state index in [9.17, 15) is 9.59 Å². The third-order valence-electron chi connectivity index (χ3n) is 4.99. The lowest BCUT2D eigenvalue weighted by molar-refractivity contribution is -0.243. The fraction of sp³-hybridized carbons (Fsp3) is 0.750. The molecule has 162 valence electrons. The van der Waals surface area contributed by atoms with E-state index in [4.69, 9.17) is 9.47 Å². The summed E-state index contributed by atoms with van der Waals surface area (Å²) in [5, 5.41) is 0. The topological polar surface area (TPSA) is 52.6 Å². The van der Waals surface area contributed by atoms with Crippen molar-refractivity contribution in [2.45, 2.75) is 111 Å². The first-order chi connectivity index (χ1) is 13.2. The van der Waals surface area contributed by atoms with Crippen molar-refractivity contribution in [1.82, 2.24) is 0 Å². The molecule has 0 unspecified atom stereocenters. The fourth-order valence-corrected chi connectivity index (χ4v) is 2.99. The maximum atomic E-state index is 12.2. The molecule has 0 aliphatic heterocycles. The molecular weight excluding hydrogens is 352 g/mol. The van der Waals surface area contributed by atoms with E-state index in [2.05, 4.69) is 20.1 Å². The molecule has 0 radical (unpaired) electrons. The molecule has 0 aromatic carbocycles. The van der Waals surface area contributed by atoms with Crippen LogP contribution in [0.2, 0.25) is 0 Å². The zero-order valence-corrected chi connectivity index (χ0v) is 18.9. The van der Waals surface area contributed by atoms with E-state index < -0.39 is 17.7 Å². The molecule has 0 amide bonds. The summed E-state index contributed by atoms with van der Waals surface area (Å²) < 4.78 is 11.3. The number of hydrogen-bond donors (Lipinski definition) is 0. The number of carbonyl (C=O) groups excluding carboxylic acids is 2. The Labute approximate surface area is 172 Å². The first-order valence-corrected chi connectivity index (χ1v) is 10.9. The highest BCUT2D eigenvalue weighted by Crippen LogP contribution is 2.32. The Kier molecular flexibility index (Phi) is 13.6. The van der Waals surface area contributed by atoms with E-state index in [1.165, 1.54) is 44.9 Å². The highest BCUT2D eigenvalue weighted by Gasteiger charge is 2.41. The zero-order chi connectivity index (χ0) is 21.6. The second-order valence-electron chi connectivity index (χ2n) is 8.24. The van der Waals surface area contributed by atoms with E-state index in [0.717, 1.165) is 19.3 Å². The maximum Gasteiger partial charge on any atom is 0.336 e. The van der Waals surface area contributed by atoms with Crippen LogP contribution in [0.3, 0.4) is 0 Å². The van der Waals surface area contributed by atoms with Crippen LogP contribution < -0.4 is 0 Å². The molecule has 0 rings (SSSR count). The third-order valence-corrected chi connectivity index (χ3v) is 4.99. The van der Waals surface area contributed by atoms with Gasteiger partial charge in [0, 0.05) is 23.5 Å². The average Bonchev–Trinajstić information content (AvgIpc) is 2.62. The largest absolute Gasteiger partial charge is 0.419 e. The van der Waals surface area contributed by atoms with Crippen molar-refractivity contribution in [3.63, 3.8) is 0 Å². The first-order valence-electron chi connectivity index (χ1n) is 10.9. The van der Waals surface area contributed by atoms with E-state index in [-0.39, 0.29) is 5.92 Å². The molecule has 0 saturated heterocycles. The molecule has 0 aliphatic rings. The van der Waals surface area contributed by atoms with Crippen molar-refractivity contribution in [2.75, 3.05) is 0 Å². The third kappa shape index (κ3) is 10.7. The lowest BCUT2D eigenvalue weighted by Crippen LogP contribution is -2.45. The minimum Gasteiger partial charge on any atom is -0.419 e. The Morgan fingerprint density at radius 3 is 1.43 bits per heavy atom. The quantitative estimate of drug-likeness (QED) is 0.124. The van der Waals surface area contributed by atoms with Gasteiger partial charge < -0.3 is 9.47 Å². The molecule has 0 aromatic heterocycles. The van der Waals surface area contributed by atoms with Gasteiger partial charge in [-0.2, -0.15) is 0 Å². The highest BCUT2D eigenvalue weighted by molar-refractivity contribution is 5.89. The normalized spacial score (nSPS) is 11.4. The van der Waals surface area contributed by atoms with Crippen LogP contribution in [0.5, 0.6) is 0 Å². The molecule has 0 saturated carbocycles. The standard InChI is InChI=1S/C24H42O4/c1-8-9-10-11-12-13-14-15-16-17-18-24(21(6)7,27-22(25)19(2)3)28-23(26)20(4)5/h21H,2,4,8-18H2,1,3,5-7H3. The van der Waals surface area contributed by atoms with Gasteiger partial charge in [0.2, 0.25) is 0 Å². The summed E-state index contributed by atoms with van der Waals surface area (Å²) in [5.41, 5.74) is 0.582. The van der Waals surface area contributed by atoms with Crippen molar-refractivity contribution in [3.05, 3.63) is 24.3 Å². The van der Waals surface area contributed by atoms with Crippen LogP contribution in [0.1, 0.15) is 105 Å². The zero-order valence-electron chi connectivity index (χ0n) is 18.9. The van der Waals surface area contributed by atoms with Gasteiger partial charge in [-0.05, 0) is 20.3 Å². The van der Waals surface area contributed by atoms with Gasteiger partial charge in [0.15, 0.2) is 0 Å². The van der Waals surface area contributed by atoms with Crippen LogP contribution in [0.15, 0.2) is 24.3 Å². The van der Waals surface area contributed by atoms with Gasteiger partial charge >= 0.3 is 11.9 Å². The van der Waals surface area contributed by atoms with Gasteiger partial charge in [-0.3, -0.25) is 0 Å². The Morgan fingerprint density at radius 1 is 0.750 bits per heavy atom. The maximum absolute atomic E-state index is 12.2. The van der Waals surface area contributed by atoms with Gasteiger partial charge in [0.1, 0.15) is 0 Å². The summed E-state index contributed by atoms with van der Waals surface area (Å²) in [5.74, 6) is -2.50. The average molecular weight is 395 g/mol. The predicted octanol–water partition coefficient (Wildman–Crippen LogP) is 6.89. The molecule has 0 N–H and O–H groups in total. The smallest absolute Gasteiger partial charge is 0.336 e. The van der Waals surface area contributed by atoms with Crippen LogP contribution in [-0.2, 0) is 19.1 Å². The van der Waals surface area contributed by atoms with Gasteiger partial charge in [-0.1, -0.05) is 91.7 Å². The Hall–Kier alpha value is -1.58. The summed E-state index contributed by atoms with van der Waals surface area (Å²) in [6.07, 6.45) is 12.6. The highest BCUT2D eigenvalue weighted by atomic mass is 16.7. The van der Waals surface area contributed by atoms with E-state index in [1.807, 2.05) is 13.8 Å². The van der Waals surface area contributed by atoms with Crippen LogP contribution in [0.25, 0.3) is 0 Å². The second kappa shape index (κ2) is 14.4. The lowest BCUT2D eigenvalue weighted by atomic mass is 9.95. The molecule has 4 heteroatoms. The van der Waals surface area contributed by atoms with Crippen LogP contribution in [-0.4, -0.2) is 17.7 Å². The van der Waals surface area contributed by atoms with Crippen LogP contribution in [0.4, 0.5) is 0 Å². The monoisotopic (exact) mass is 394 g/mol. The molecule has 0 bridgehead atoms. The molecule has 4 nitrogen and oxygen atoms in total. The summed E-state index contributed by atoms with van der Waals surface area (Å²) in [7, 11) is 0. The molecule has 0 heterocycles. The minimum absolute atomic E-state index is 0.169. The van der Waals surface area contributed by atoms with Crippen molar-refractivity contribution >= 4 is 11.9 Å². The van der Waals surface area contributed by atoms with Gasteiger partial charge in [-0.15, -0.1) is 0 Å². The SMILES string of the molecule is C=C(C)C(=O)OC(CCCCCCCCCCCC)(OC(=O)C(=C)C)C(C)C. The Bertz CT molecular complexity index is 477. The predicted molar refractivity (Wildman–Crippen MR) is 116 cm³/mol. The first kappa shape index (κ1) is 26.4. The van der Waals surface area contributed by atoms with Crippen molar-refractivity contribution in [1.29, 1.82) is 0 Å². The number of rotatable bonds is 16. The molecule has 0 fully saturated rings. The molecule has 28 heavy (non-hydrogen) atoms. The molecule has 0 aliphatic carbocycles. The van der Waals surface area contributed by atoms with Crippen LogP contribution in [0, 0.1) is 5.92 Å². The summed E-state index contributed by atoms with van der Waals surface area (Å²) in [6.45, 7) is 16.5. The molecular formula is C24H42O4. The van der Waals surface area contributed by atoms with Crippen molar-refractivity contribution < 1.29 is 19.1 Å². The van der Waals surface area contributed by atoms with Gasteiger partial charge in [0.05, 0.1) is 0 Å². The van der Waals surface area contributed by atoms with Crippen LogP contribution >= 0.6 is 0 Å². The number of ether oxygens (including phenoxy) is 2. The number of carbonyl (C=O) groups is 2. The minimum atomic E-state index is -1.27. The number of unbranched alkanes of at least 4 members (excludes halogenated alkanes) is 9. The Morgan fingerprint density at radius 2 is 1.11 bits per heavy atom. The van der Waals surface area contributed by atoms with Crippen molar-refractivity contribution in [3.8, 4) is 0 Å².